The molecular weight excluding hydrogens is 274 g/mol. The molecule has 0 spiro atoms. The standard InChI is InChI=1S/C16H12F2N2O/c17-13-7-2-1-6-12(13)16(21)20(11-5-10-19)15-9-4-3-8-14(15)18/h1-4,6-9H,5,11H2. The Hall–Kier alpha value is -2.74. The summed E-state index contributed by atoms with van der Waals surface area (Å²) < 4.78 is 27.6. The number of hydrogen-bond acceptors (Lipinski definition) is 2. The number of benzene rings is 2. The number of carbonyl (C=O) groups excluding carboxylic acids is 1. The fraction of sp³-hybridized carbons (Fsp3) is 0.125. The van der Waals surface area contributed by atoms with Crippen LogP contribution in [0, 0.1) is 23.0 Å². The number of halogens is 2. The number of carbonyl (C=O) groups is 1. The summed E-state index contributed by atoms with van der Waals surface area (Å²) in [6.45, 7) is -0.00932. The van der Waals surface area contributed by atoms with Crippen LogP contribution >= 0.6 is 0 Å². The summed E-state index contributed by atoms with van der Waals surface area (Å²) >= 11 is 0. The highest BCUT2D eigenvalue weighted by Gasteiger charge is 2.22. The molecule has 2 aromatic carbocycles. The van der Waals surface area contributed by atoms with Gasteiger partial charge < -0.3 is 4.90 Å². The fourth-order valence-electron chi connectivity index (χ4n) is 1.94. The molecule has 5 heteroatoms. The normalized spacial score (nSPS) is 9.95. The van der Waals surface area contributed by atoms with Gasteiger partial charge in [-0.15, -0.1) is 0 Å². The molecule has 0 saturated carbocycles. The summed E-state index contributed by atoms with van der Waals surface area (Å²) in [6.07, 6.45) is 0.0223. The monoisotopic (exact) mass is 286 g/mol. The van der Waals surface area contributed by atoms with E-state index in [4.69, 9.17) is 5.26 Å². The fourth-order valence-corrected chi connectivity index (χ4v) is 1.94. The van der Waals surface area contributed by atoms with E-state index in [1.54, 1.807) is 6.07 Å². The van der Waals surface area contributed by atoms with Gasteiger partial charge in [0.1, 0.15) is 11.6 Å². The minimum Gasteiger partial charge on any atom is -0.304 e. The molecular formula is C16H12F2N2O. The second-order valence-corrected chi connectivity index (χ2v) is 4.30. The lowest BCUT2D eigenvalue weighted by Crippen LogP contribution is -2.33. The molecule has 0 N–H and O–H groups in total. The van der Waals surface area contributed by atoms with Gasteiger partial charge >= 0.3 is 0 Å². The molecule has 2 rings (SSSR count). The van der Waals surface area contributed by atoms with Crippen LogP contribution in [0.15, 0.2) is 48.5 Å². The molecule has 0 aliphatic rings. The highest BCUT2D eigenvalue weighted by Crippen LogP contribution is 2.22. The van der Waals surface area contributed by atoms with Crippen LogP contribution in [0.3, 0.4) is 0 Å². The van der Waals surface area contributed by atoms with Crippen molar-refractivity contribution in [2.75, 3.05) is 11.4 Å². The molecule has 0 bridgehead atoms. The number of para-hydroxylation sites is 1. The first-order valence-corrected chi connectivity index (χ1v) is 6.33. The van der Waals surface area contributed by atoms with E-state index in [1.165, 1.54) is 36.4 Å². The molecule has 0 saturated heterocycles. The summed E-state index contributed by atoms with van der Waals surface area (Å²) in [6, 6.07) is 13.1. The molecule has 0 heterocycles. The van der Waals surface area contributed by atoms with Crippen LogP contribution < -0.4 is 4.90 Å². The van der Waals surface area contributed by atoms with E-state index in [2.05, 4.69) is 0 Å². The van der Waals surface area contributed by atoms with Crippen molar-refractivity contribution in [3.8, 4) is 6.07 Å². The third-order valence-corrected chi connectivity index (χ3v) is 2.94. The van der Waals surface area contributed by atoms with Crippen molar-refractivity contribution in [1.82, 2.24) is 0 Å². The van der Waals surface area contributed by atoms with Crippen molar-refractivity contribution in [3.05, 3.63) is 65.7 Å². The maximum atomic E-state index is 13.9. The number of rotatable bonds is 4. The minimum atomic E-state index is -0.680. The molecule has 106 valence electrons. The van der Waals surface area contributed by atoms with Gasteiger partial charge in [-0.05, 0) is 24.3 Å². The van der Waals surface area contributed by atoms with Crippen LogP contribution in [0.4, 0.5) is 14.5 Å². The lowest BCUT2D eigenvalue weighted by atomic mass is 10.1. The summed E-state index contributed by atoms with van der Waals surface area (Å²) in [5.41, 5.74) is -0.125. The molecule has 3 nitrogen and oxygen atoms in total. The van der Waals surface area contributed by atoms with E-state index < -0.39 is 17.5 Å². The first kappa shape index (κ1) is 14.7. The predicted molar refractivity (Wildman–Crippen MR) is 74.7 cm³/mol. The van der Waals surface area contributed by atoms with Gasteiger partial charge in [-0.1, -0.05) is 24.3 Å². The maximum absolute atomic E-state index is 13.9. The molecule has 0 aliphatic heterocycles. The van der Waals surface area contributed by atoms with Crippen LogP contribution in [0.2, 0.25) is 0 Å². The Morgan fingerprint density at radius 1 is 1.05 bits per heavy atom. The minimum absolute atomic E-state index is 0.00932. The van der Waals surface area contributed by atoms with Gasteiger partial charge in [0.25, 0.3) is 5.91 Å². The predicted octanol–water partition coefficient (Wildman–Crippen LogP) is 3.53. The first-order chi connectivity index (χ1) is 10.1. The summed E-state index contributed by atoms with van der Waals surface area (Å²) in [7, 11) is 0. The van der Waals surface area contributed by atoms with E-state index >= 15 is 0 Å². The quantitative estimate of drug-likeness (QED) is 0.863. The van der Waals surface area contributed by atoms with E-state index in [-0.39, 0.29) is 24.2 Å². The average molecular weight is 286 g/mol. The Kier molecular flexibility index (Phi) is 4.62. The van der Waals surface area contributed by atoms with E-state index in [0.29, 0.717) is 0 Å². The Balaban J connectivity index is 2.42. The molecule has 0 aliphatic carbocycles. The number of amides is 1. The zero-order valence-corrected chi connectivity index (χ0v) is 11.1. The van der Waals surface area contributed by atoms with Gasteiger partial charge in [0.15, 0.2) is 0 Å². The summed E-state index contributed by atoms with van der Waals surface area (Å²) in [5.74, 6) is -1.95. The molecule has 0 atom stereocenters. The van der Waals surface area contributed by atoms with E-state index in [1.807, 2.05) is 6.07 Å². The molecule has 0 radical (unpaired) electrons. The van der Waals surface area contributed by atoms with Crippen LogP contribution in [0.25, 0.3) is 0 Å². The maximum Gasteiger partial charge on any atom is 0.261 e. The second kappa shape index (κ2) is 6.62. The molecule has 1 amide bonds. The Labute approximate surface area is 121 Å². The molecule has 2 aromatic rings. The summed E-state index contributed by atoms with van der Waals surface area (Å²) in [5, 5.41) is 8.68. The number of nitriles is 1. The second-order valence-electron chi connectivity index (χ2n) is 4.30. The van der Waals surface area contributed by atoms with E-state index in [9.17, 15) is 13.6 Å². The Morgan fingerprint density at radius 2 is 1.67 bits per heavy atom. The SMILES string of the molecule is N#CCCN(C(=O)c1ccccc1F)c1ccccc1F. The van der Waals surface area contributed by atoms with Crippen LogP contribution in [-0.4, -0.2) is 12.5 Å². The number of hydrogen-bond donors (Lipinski definition) is 0. The van der Waals surface area contributed by atoms with Crippen LogP contribution in [0.1, 0.15) is 16.8 Å². The van der Waals surface area contributed by atoms with Crippen molar-refractivity contribution < 1.29 is 13.6 Å². The van der Waals surface area contributed by atoms with Gasteiger partial charge in [-0.3, -0.25) is 4.79 Å². The third-order valence-electron chi connectivity index (χ3n) is 2.94. The van der Waals surface area contributed by atoms with Crippen LogP contribution in [0.5, 0.6) is 0 Å². The first-order valence-electron chi connectivity index (χ1n) is 6.33. The van der Waals surface area contributed by atoms with Crippen molar-refractivity contribution in [1.29, 1.82) is 5.26 Å². The lowest BCUT2D eigenvalue weighted by Gasteiger charge is -2.22. The van der Waals surface area contributed by atoms with Crippen molar-refractivity contribution >= 4 is 11.6 Å². The van der Waals surface area contributed by atoms with Crippen molar-refractivity contribution in [3.63, 3.8) is 0 Å². The molecule has 0 fully saturated rings. The highest BCUT2D eigenvalue weighted by atomic mass is 19.1. The zero-order valence-electron chi connectivity index (χ0n) is 11.1. The van der Waals surface area contributed by atoms with Gasteiger partial charge in [0, 0.05) is 6.54 Å². The van der Waals surface area contributed by atoms with Gasteiger partial charge in [-0.25, -0.2) is 8.78 Å². The Morgan fingerprint density at radius 3 is 2.29 bits per heavy atom. The number of nitrogens with zero attached hydrogens (tertiary/aromatic N) is 2. The summed E-state index contributed by atoms with van der Waals surface area (Å²) in [4.78, 5) is 13.5. The van der Waals surface area contributed by atoms with Crippen LogP contribution in [-0.2, 0) is 0 Å². The largest absolute Gasteiger partial charge is 0.304 e. The van der Waals surface area contributed by atoms with Crippen molar-refractivity contribution in [2.45, 2.75) is 6.42 Å². The topological polar surface area (TPSA) is 44.1 Å². The lowest BCUT2D eigenvalue weighted by molar-refractivity contribution is 0.0982. The third kappa shape index (κ3) is 3.23. The zero-order chi connectivity index (χ0) is 15.2. The van der Waals surface area contributed by atoms with Gasteiger partial charge in [-0.2, -0.15) is 5.26 Å². The van der Waals surface area contributed by atoms with E-state index in [0.717, 1.165) is 11.0 Å². The van der Waals surface area contributed by atoms with Gasteiger partial charge in [0.05, 0.1) is 23.7 Å². The highest BCUT2D eigenvalue weighted by molar-refractivity contribution is 6.06. The average Bonchev–Trinajstić information content (AvgIpc) is 2.49. The Bertz CT molecular complexity index is 695. The molecule has 21 heavy (non-hydrogen) atoms. The number of anilines is 1. The smallest absolute Gasteiger partial charge is 0.261 e. The molecule has 0 aromatic heterocycles. The van der Waals surface area contributed by atoms with Crippen molar-refractivity contribution in [2.24, 2.45) is 0 Å². The molecule has 0 unspecified atom stereocenters. The van der Waals surface area contributed by atoms with Gasteiger partial charge in [0.2, 0.25) is 0 Å².